The molecule has 4 heteroatoms. The summed E-state index contributed by atoms with van der Waals surface area (Å²) in [4.78, 5) is 4.62. The maximum absolute atomic E-state index is 5.71. The third kappa shape index (κ3) is 4.40. The summed E-state index contributed by atoms with van der Waals surface area (Å²) >= 11 is 7.38. The molecule has 1 rings (SSSR count). The predicted octanol–water partition coefficient (Wildman–Crippen LogP) is 4.19. The monoisotopic (exact) mass is 261 g/mol. The first-order valence-corrected chi connectivity index (χ1v) is 7.35. The number of hydrogen-bond acceptors (Lipinski definition) is 3. The van der Waals surface area contributed by atoms with Crippen molar-refractivity contribution in [2.75, 3.05) is 12.5 Å². The van der Waals surface area contributed by atoms with Crippen molar-refractivity contribution in [2.45, 2.75) is 45.6 Å². The molecule has 0 bridgehead atoms. The molecule has 1 heterocycles. The highest BCUT2D eigenvalue weighted by Crippen LogP contribution is 2.26. The van der Waals surface area contributed by atoms with Gasteiger partial charge >= 0.3 is 0 Å². The van der Waals surface area contributed by atoms with Gasteiger partial charge in [-0.25, -0.2) is 4.98 Å². The van der Waals surface area contributed by atoms with Crippen LogP contribution in [0.1, 0.15) is 49.9 Å². The van der Waals surface area contributed by atoms with Crippen LogP contribution in [-0.2, 0) is 11.2 Å². The third-order valence-corrected chi connectivity index (χ3v) is 3.58. The molecule has 0 saturated carbocycles. The lowest BCUT2D eigenvalue weighted by atomic mass is 10.2. The van der Waals surface area contributed by atoms with Gasteiger partial charge in [-0.2, -0.15) is 0 Å². The van der Waals surface area contributed by atoms with E-state index in [4.69, 9.17) is 16.3 Å². The minimum absolute atomic E-state index is 0.185. The highest BCUT2D eigenvalue weighted by Gasteiger charge is 2.14. The van der Waals surface area contributed by atoms with E-state index in [1.54, 1.807) is 11.3 Å². The Kier molecular flexibility index (Phi) is 7.01. The average Bonchev–Trinajstić information content (AvgIpc) is 2.74. The second kappa shape index (κ2) is 8.04. The molecule has 0 saturated heterocycles. The Bertz CT molecular complexity index is 284. The van der Waals surface area contributed by atoms with Gasteiger partial charge in [0.25, 0.3) is 0 Å². The number of halogens is 1. The van der Waals surface area contributed by atoms with E-state index in [9.17, 15) is 0 Å². The normalized spacial score (nSPS) is 12.9. The van der Waals surface area contributed by atoms with Crippen molar-refractivity contribution in [3.63, 3.8) is 0 Å². The standard InChI is InChI=1S/C12H20ClNOS/c1-3-6-11(15-4-2)12-14-10(9-16-12)7-5-8-13/h9,11H,3-8H2,1-2H3. The summed E-state index contributed by atoms with van der Waals surface area (Å²) in [6.45, 7) is 4.96. The van der Waals surface area contributed by atoms with Gasteiger partial charge in [0.15, 0.2) is 0 Å². The van der Waals surface area contributed by atoms with E-state index in [1.807, 2.05) is 6.92 Å². The van der Waals surface area contributed by atoms with Gasteiger partial charge in [-0.1, -0.05) is 13.3 Å². The number of rotatable bonds is 8. The number of aryl methyl sites for hydroxylation is 1. The van der Waals surface area contributed by atoms with E-state index in [0.29, 0.717) is 5.88 Å². The first-order valence-electron chi connectivity index (χ1n) is 5.93. The molecule has 1 unspecified atom stereocenters. The van der Waals surface area contributed by atoms with Crippen LogP contribution in [0.25, 0.3) is 0 Å². The van der Waals surface area contributed by atoms with Crippen LogP contribution in [0.5, 0.6) is 0 Å². The smallest absolute Gasteiger partial charge is 0.122 e. The summed E-state index contributed by atoms with van der Waals surface area (Å²) in [6.07, 6.45) is 4.34. The minimum Gasteiger partial charge on any atom is -0.371 e. The molecule has 0 fully saturated rings. The largest absolute Gasteiger partial charge is 0.371 e. The van der Waals surface area contributed by atoms with Gasteiger partial charge in [-0.3, -0.25) is 0 Å². The first kappa shape index (κ1) is 13.9. The zero-order chi connectivity index (χ0) is 11.8. The van der Waals surface area contributed by atoms with E-state index in [0.717, 1.165) is 43.0 Å². The van der Waals surface area contributed by atoms with Crippen molar-refractivity contribution in [2.24, 2.45) is 0 Å². The lowest BCUT2D eigenvalue weighted by molar-refractivity contribution is 0.0554. The van der Waals surface area contributed by atoms with Crippen molar-refractivity contribution in [3.05, 3.63) is 16.1 Å². The van der Waals surface area contributed by atoms with Crippen LogP contribution >= 0.6 is 22.9 Å². The van der Waals surface area contributed by atoms with Crippen molar-refractivity contribution >= 4 is 22.9 Å². The molecule has 0 aromatic carbocycles. The fourth-order valence-electron chi connectivity index (χ4n) is 1.57. The molecular formula is C12H20ClNOS. The Morgan fingerprint density at radius 1 is 1.50 bits per heavy atom. The highest BCUT2D eigenvalue weighted by molar-refractivity contribution is 7.09. The third-order valence-electron chi connectivity index (χ3n) is 2.33. The average molecular weight is 262 g/mol. The first-order chi connectivity index (χ1) is 7.81. The summed E-state index contributed by atoms with van der Waals surface area (Å²) in [6, 6.07) is 0. The molecule has 0 N–H and O–H groups in total. The van der Waals surface area contributed by atoms with E-state index in [2.05, 4.69) is 17.3 Å². The van der Waals surface area contributed by atoms with Crippen LogP contribution in [0.3, 0.4) is 0 Å². The summed E-state index contributed by atoms with van der Waals surface area (Å²) in [5.41, 5.74) is 1.15. The van der Waals surface area contributed by atoms with Gasteiger partial charge < -0.3 is 4.74 Å². The summed E-state index contributed by atoms with van der Waals surface area (Å²) in [5.74, 6) is 0.705. The maximum atomic E-state index is 5.71. The molecule has 1 aromatic rings. The molecule has 92 valence electrons. The van der Waals surface area contributed by atoms with Gasteiger partial charge in [0.1, 0.15) is 11.1 Å². The number of thiazole rings is 1. The Morgan fingerprint density at radius 2 is 2.31 bits per heavy atom. The van der Waals surface area contributed by atoms with E-state index < -0.39 is 0 Å². The molecule has 0 aliphatic heterocycles. The van der Waals surface area contributed by atoms with Crippen molar-refractivity contribution < 1.29 is 4.74 Å². The Labute approximate surface area is 107 Å². The molecule has 0 aliphatic carbocycles. The Balaban J connectivity index is 2.58. The van der Waals surface area contributed by atoms with Gasteiger partial charge in [-0.15, -0.1) is 22.9 Å². The predicted molar refractivity (Wildman–Crippen MR) is 70.4 cm³/mol. The molecule has 0 spiro atoms. The molecular weight excluding hydrogens is 242 g/mol. The number of hydrogen-bond donors (Lipinski definition) is 0. The van der Waals surface area contributed by atoms with Crippen LogP contribution in [0.15, 0.2) is 5.38 Å². The lowest BCUT2D eigenvalue weighted by Gasteiger charge is -2.12. The van der Waals surface area contributed by atoms with Crippen LogP contribution in [-0.4, -0.2) is 17.5 Å². The Hall–Kier alpha value is -0.120. The van der Waals surface area contributed by atoms with Crippen LogP contribution in [0.2, 0.25) is 0 Å². The fraction of sp³-hybridized carbons (Fsp3) is 0.750. The zero-order valence-corrected chi connectivity index (χ0v) is 11.6. The van der Waals surface area contributed by atoms with Gasteiger partial charge in [0.2, 0.25) is 0 Å². The minimum atomic E-state index is 0.185. The molecule has 0 aliphatic rings. The van der Waals surface area contributed by atoms with Crippen molar-refractivity contribution in [3.8, 4) is 0 Å². The number of ether oxygens (including phenoxy) is 1. The lowest BCUT2D eigenvalue weighted by Crippen LogP contribution is -2.04. The maximum Gasteiger partial charge on any atom is 0.122 e. The summed E-state index contributed by atoms with van der Waals surface area (Å²) in [7, 11) is 0. The van der Waals surface area contributed by atoms with Crippen LogP contribution in [0.4, 0.5) is 0 Å². The molecule has 1 atom stereocenters. The quantitative estimate of drug-likeness (QED) is 0.655. The van der Waals surface area contributed by atoms with Gasteiger partial charge in [0.05, 0.1) is 5.69 Å². The molecule has 0 radical (unpaired) electrons. The van der Waals surface area contributed by atoms with Crippen molar-refractivity contribution in [1.29, 1.82) is 0 Å². The number of alkyl halides is 1. The summed E-state index contributed by atoms with van der Waals surface area (Å²) in [5, 5.41) is 3.25. The summed E-state index contributed by atoms with van der Waals surface area (Å²) < 4.78 is 5.71. The van der Waals surface area contributed by atoms with E-state index in [1.165, 1.54) is 0 Å². The molecule has 1 aromatic heterocycles. The van der Waals surface area contributed by atoms with Gasteiger partial charge in [0, 0.05) is 17.9 Å². The second-order valence-corrected chi connectivity index (χ2v) is 4.97. The fourth-order valence-corrected chi connectivity index (χ4v) is 2.64. The SMILES string of the molecule is CCCC(OCC)c1nc(CCCCl)cs1. The molecule has 0 amide bonds. The highest BCUT2D eigenvalue weighted by atomic mass is 35.5. The van der Waals surface area contributed by atoms with Crippen LogP contribution in [0, 0.1) is 0 Å². The van der Waals surface area contributed by atoms with Gasteiger partial charge in [-0.05, 0) is 26.2 Å². The molecule has 2 nitrogen and oxygen atoms in total. The number of aromatic nitrogens is 1. The van der Waals surface area contributed by atoms with E-state index >= 15 is 0 Å². The second-order valence-electron chi connectivity index (χ2n) is 3.70. The zero-order valence-electron chi connectivity index (χ0n) is 10.0. The molecule has 16 heavy (non-hydrogen) atoms. The topological polar surface area (TPSA) is 22.1 Å². The Morgan fingerprint density at radius 3 is 2.94 bits per heavy atom. The van der Waals surface area contributed by atoms with Crippen LogP contribution < -0.4 is 0 Å². The van der Waals surface area contributed by atoms with Crippen molar-refractivity contribution in [1.82, 2.24) is 4.98 Å². The number of nitrogens with zero attached hydrogens (tertiary/aromatic N) is 1. The van der Waals surface area contributed by atoms with E-state index in [-0.39, 0.29) is 6.10 Å².